The largest absolute Gasteiger partial charge is 0.394 e. The van der Waals surface area contributed by atoms with Crippen LogP contribution in [0.5, 0.6) is 0 Å². The van der Waals surface area contributed by atoms with Gasteiger partial charge in [0.15, 0.2) is 12.6 Å². The summed E-state index contributed by atoms with van der Waals surface area (Å²) in [5, 5.41) is 86.5. The lowest BCUT2D eigenvalue weighted by Gasteiger charge is -2.46. The maximum atomic E-state index is 13.1. The molecule has 9 N–H and O–H groups in total. The van der Waals surface area contributed by atoms with Crippen molar-refractivity contribution >= 4 is 5.91 Å². The van der Waals surface area contributed by atoms with Gasteiger partial charge in [0.2, 0.25) is 5.91 Å². The van der Waals surface area contributed by atoms with Crippen molar-refractivity contribution in [2.45, 2.75) is 203 Å². The molecule has 70 heavy (non-hydrogen) atoms. The molecule has 2 rings (SSSR count). The highest BCUT2D eigenvalue weighted by Crippen LogP contribution is 2.30. The van der Waals surface area contributed by atoms with Crippen molar-refractivity contribution in [3.63, 3.8) is 0 Å². The van der Waals surface area contributed by atoms with Gasteiger partial charge in [-0.05, 0) is 96.3 Å². The number of hydrogen-bond acceptors (Lipinski definition) is 13. The van der Waals surface area contributed by atoms with Crippen LogP contribution in [0.4, 0.5) is 0 Å². The number of carbonyl (C=O) groups excluding carboxylic acids is 1. The molecular formula is C56H89NO13. The summed E-state index contributed by atoms with van der Waals surface area (Å²) in [5.41, 5.74) is 0. The first kappa shape index (κ1) is 62.5. The van der Waals surface area contributed by atoms with Crippen LogP contribution in [0.25, 0.3) is 0 Å². The normalized spacial score (nSPS) is 27.0. The standard InChI is InChI=1S/C56H89NO13/c1-3-5-7-9-11-13-14-15-16-17-18-19-20-21-22-23-24-25-26-27-28-29-30-32-34-36-38-40-48(61)57-44(45(60)39-37-35-33-31-12-10-8-6-4-2)43-67-55-53(66)51(64)54(47(42-59)69-55)70-56-52(65)50(63)49(62)46(41-58)68-56/h5,7,11-13,15-16,18-19,21-22,24-25,27-28,30-32,37,39,44-47,49-56,58-60,62-66H,3-4,6,8-10,14,17,20,23,26,29,33-36,38,40-43H2,1-2H3,(H,57,61)/b7-5-,13-11-,16-15-,19-18-,22-21-,25-24-,28-27-,31-12+,32-30-,39-37+. The van der Waals surface area contributed by atoms with Crippen LogP contribution in [0.3, 0.4) is 0 Å². The average Bonchev–Trinajstić information content (AvgIpc) is 3.36. The summed E-state index contributed by atoms with van der Waals surface area (Å²) in [4.78, 5) is 13.1. The zero-order valence-electron chi connectivity index (χ0n) is 41.9. The Bertz CT molecular complexity index is 1630. The Balaban J connectivity index is 1.79. The van der Waals surface area contributed by atoms with Gasteiger partial charge in [-0.25, -0.2) is 0 Å². The third kappa shape index (κ3) is 27.3. The minimum atomic E-state index is -1.80. The highest BCUT2D eigenvalue weighted by atomic mass is 16.7. The molecule has 12 atom stereocenters. The Hall–Kier alpha value is -3.61. The third-order valence-corrected chi connectivity index (χ3v) is 11.6. The fraction of sp³-hybridized carbons (Fsp3) is 0.625. The molecule has 0 aromatic rings. The number of amides is 1. The van der Waals surface area contributed by atoms with Gasteiger partial charge in [0.1, 0.15) is 48.8 Å². The zero-order chi connectivity index (χ0) is 51.0. The minimum absolute atomic E-state index is 0.209. The monoisotopic (exact) mass is 984 g/mol. The zero-order valence-corrected chi connectivity index (χ0v) is 41.9. The molecule has 1 amide bonds. The van der Waals surface area contributed by atoms with E-state index in [0.29, 0.717) is 12.8 Å². The van der Waals surface area contributed by atoms with Crippen LogP contribution in [-0.4, -0.2) is 140 Å². The molecular weight excluding hydrogens is 895 g/mol. The summed E-state index contributed by atoms with van der Waals surface area (Å²) in [6.07, 6.45) is 41.2. The molecule has 2 saturated heterocycles. The number of aliphatic hydroxyl groups excluding tert-OH is 8. The number of rotatable bonds is 37. The van der Waals surface area contributed by atoms with Crippen LogP contribution >= 0.6 is 0 Å². The van der Waals surface area contributed by atoms with E-state index in [9.17, 15) is 45.6 Å². The minimum Gasteiger partial charge on any atom is -0.394 e. The summed E-state index contributed by atoms with van der Waals surface area (Å²) >= 11 is 0. The summed E-state index contributed by atoms with van der Waals surface area (Å²) < 4.78 is 22.6. The van der Waals surface area contributed by atoms with Crippen LogP contribution in [0.15, 0.2) is 122 Å². The molecule has 396 valence electrons. The van der Waals surface area contributed by atoms with Crippen molar-refractivity contribution in [3.8, 4) is 0 Å². The van der Waals surface area contributed by atoms with E-state index in [-0.39, 0.29) is 18.9 Å². The molecule has 0 spiro atoms. The number of unbranched alkanes of at least 4 members (excludes halogenated alkanes) is 6. The Kier molecular flexibility index (Phi) is 36.5. The van der Waals surface area contributed by atoms with Crippen molar-refractivity contribution in [3.05, 3.63) is 122 Å². The summed E-state index contributed by atoms with van der Waals surface area (Å²) in [6.45, 7) is 2.52. The van der Waals surface area contributed by atoms with Crippen LogP contribution < -0.4 is 5.32 Å². The van der Waals surface area contributed by atoms with E-state index < -0.39 is 86.8 Å². The first-order valence-corrected chi connectivity index (χ1v) is 25.8. The Morgan fingerprint density at radius 3 is 1.51 bits per heavy atom. The number of nitrogens with one attached hydrogen (secondary N) is 1. The lowest BCUT2D eigenvalue weighted by atomic mass is 9.97. The number of ether oxygens (including phenoxy) is 4. The van der Waals surface area contributed by atoms with Crippen LogP contribution in [0.1, 0.15) is 129 Å². The second-order valence-corrected chi connectivity index (χ2v) is 17.6. The molecule has 0 aromatic heterocycles. The topological polar surface area (TPSA) is 228 Å². The van der Waals surface area contributed by atoms with Crippen LogP contribution in [-0.2, 0) is 23.7 Å². The number of allylic oxidation sites excluding steroid dienone is 19. The molecule has 0 bridgehead atoms. The Morgan fingerprint density at radius 1 is 0.529 bits per heavy atom. The Labute approximate surface area is 418 Å². The molecule has 2 heterocycles. The van der Waals surface area contributed by atoms with E-state index >= 15 is 0 Å². The van der Waals surface area contributed by atoms with Crippen molar-refractivity contribution in [1.29, 1.82) is 0 Å². The van der Waals surface area contributed by atoms with Gasteiger partial charge in [-0.1, -0.05) is 148 Å². The third-order valence-electron chi connectivity index (χ3n) is 11.6. The number of aliphatic hydroxyl groups is 8. The van der Waals surface area contributed by atoms with Gasteiger partial charge >= 0.3 is 0 Å². The second kappa shape index (κ2) is 40.9. The molecule has 0 aliphatic carbocycles. The maximum Gasteiger partial charge on any atom is 0.220 e. The van der Waals surface area contributed by atoms with E-state index in [2.05, 4.69) is 129 Å². The second-order valence-electron chi connectivity index (χ2n) is 17.6. The molecule has 2 aliphatic heterocycles. The predicted molar refractivity (Wildman–Crippen MR) is 276 cm³/mol. The summed E-state index contributed by atoms with van der Waals surface area (Å²) in [5.74, 6) is -0.302. The van der Waals surface area contributed by atoms with E-state index in [0.717, 1.165) is 89.9 Å². The van der Waals surface area contributed by atoms with Gasteiger partial charge in [-0.3, -0.25) is 4.79 Å². The van der Waals surface area contributed by atoms with Crippen molar-refractivity contribution < 1.29 is 64.6 Å². The average molecular weight is 984 g/mol. The first-order chi connectivity index (χ1) is 34.1. The summed E-state index contributed by atoms with van der Waals surface area (Å²) in [7, 11) is 0. The van der Waals surface area contributed by atoms with E-state index in [1.54, 1.807) is 6.08 Å². The SMILES string of the molecule is CC/C=C\C/C=C\C/C=C\C/C=C\C/C=C\C/C=C\C/C=C\C/C=C\CCCCC(=O)NC(COC1OC(CO)C(OC2OC(CO)C(O)C(O)C2O)C(O)C1O)C(O)/C=C/CC/C=C/CCCCC. The van der Waals surface area contributed by atoms with Gasteiger partial charge in [0.05, 0.1) is 32.0 Å². The molecule has 2 aliphatic rings. The molecule has 12 unspecified atom stereocenters. The van der Waals surface area contributed by atoms with Crippen LogP contribution in [0, 0.1) is 0 Å². The van der Waals surface area contributed by atoms with Gasteiger partial charge in [0, 0.05) is 6.42 Å². The van der Waals surface area contributed by atoms with Gasteiger partial charge in [-0.15, -0.1) is 0 Å². The lowest BCUT2D eigenvalue weighted by Crippen LogP contribution is -2.65. The predicted octanol–water partition coefficient (Wildman–Crippen LogP) is 7.10. The van der Waals surface area contributed by atoms with Gasteiger partial charge in [0.25, 0.3) is 0 Å². The molecule has 0 saturated carbocycles. The molecule has 2 fully saturated rings. The number of hydrogen-bond donors (Lipinski definition) is 9. The highest BCUT2D eigenvalue weighted by molar-refractivity contribution is 5.76. The fourth-order valence-corrected chi connectivity index (χ4v) is 7.44. The highest BCUT2D eigenvalue weighted by Gasteiger charge is 2.51. The van der Waals surface area contributed by atoms with Crippen LogP contribution in [0.2, 0.25) is 0 Å². The molecule has 14 heteroatoms. The van der Waals surface area contributed by atoms with E-state index in [1.807, 2.05) is 6.08 Å². The molecule has 14 nitrogen and oxygen atoms in total. The summed E-state index contributed by atoms with van der Waals surface area (Å²) in [6, 6.07) is -0.962. The first-order valence-electron chi connectivity index (χ1n) is 25.8. The fourth-order valence-electron chi connectivity index (χ4n) is 7.44. The Morgan fingerprint density at radius 2 is 0.986 bits per heavy atom. The van der Waals surface area contributed by atoms with Gasteiger partial charge in [-0.2, -0.15) is 0 Å². The quantitative estimate of drug-likeness (QED) is 0.0224. The van der Waals surface area contributed by atoms with Gasteiger partial charge < -0.3 is 65.1 Å². The lowest BCUT2D eigenvalue weighted by molar-refractivity contribution is -0.359. The van der Waals surface area contributed by atoms with Crippen molar-refractivity contribution in [1.82, 2.24) is 5.32 Å². The maximum absolute atomic E-state index is 13.1. The smallest absolute Gasteiger partial charge is 0.220 e. The molecule has 0 radical (unpaired) electrons. The van der Waals surface area contributed by atoms with Crippen molar-refractivity contribution in [2.24, 2.45) is 0 Å². The van der Waals surface area contributed by atoms with E-state index in [4.69, 9.17) is 18.9 Å². The van der Waals surface area contributed by atoms with Crippen molar-refractivity contribution in [2.75, 3.05) is 19.8 Å². The van der Waals surface area contributed by atoms with E-state index in [1.165, 1.54) is 6.42 Å². The molecule has 0 aromatic carbocycles. The number of carbonyl (C=O) groups is 1.